The lowest BCUT2D eigenvalue weighted by molar-refractivity contribution is -0.130. The maximum Gasteiger partial charge on any atom is 0.140 e. The Morgan fingerprint density at radius 3 is 2.00 bits per heavy atom. The van der Waals surface area contributed by atoms with E-state index < -0.39 is 5.92 Å². The Kier molecular flexibility index (Phi) is 4.21. The summed E-state index contributed by atoms with van der Waals surface area (Å²) in [7, 11) is 0. The van der Waals surface area contributed by atoms with Crippen molar-refractivity contribution in [3.63, 3.8) is 0 Å². The smallest absolute Gasteiger partial charge is 0.140 e. The summed E-state index contributed by atoms with van der Waals surface area (Å²) in [5.41, 5.74) is 1.01. The minimum absolute atomic E-state index is 0.0644. The van der Waals surface area contributed by atoms with Crippen LogP contribution in [0.25, 0.3) is 0 Å². The summed E-state index contributed by atoms with van der Waals surface area (Å²) < 4.78 is 0.994. The highest BCUT2D eigenvalue weighted by atomic mass is 79.9. The molecule has 3 heteroatoms. The molecule has 15 heavy (non-hydrogen) atoms. The van der Waals surface area contributed by atoms with Crippen LogP contribution in [0, 0.1) is 5.92 Å². The van der Waals surface area contributed by atoms with Crippen LogP contribution >= 0.6 is 15.9 Å². The predicted octanol–water partition coefficient (Wildman–Crippen LogP) is 2.79. The number of carbonyl (C=O) groups is 2. The minimum atomic E-state index is -0.494. The molecule has 0 saturated heterocycles. The molecular formula is C12H13BrO2. The fourth-order valence-electron chi connectivity index (χ4n) is 1.43. The summed E-state index contributed by atoms with van der Waals surface area (Å²) in [6.07, 6.45) is 0.498. The highest BCUT2D eigenvalue weighted by molar-refractivity contribution is 9.10. The maximum absolute atomic E-state index is 11.2. The summed E-state index contributed by atoms with van der Waals surface area (Å²) in [4.78, 5) is 22.5. The highest BCUT2D eigenvalue weighted by Crippen LogP contribution is 2.15. The van der Waals surface area contributed by atoms with E-state index >= 15 is 0 Å². The molecule has 0 aromatic heterocycles. The van der Waals surface area contributed by atoms with Crippen molar-refractivity contribution in [2.24, 2.45) is 5.92 Å². The largest absolute Gasteiger partial charge is 0.299 e. The van der Waals surface area contributed by atoms with Gasteiger partial charge in [0.2, 0.25) is 0 Å². The fourth-order valence-corrected chi connectivity index (χ4v) is 1.69. The third-order valence-corrected chi connectivity index (χ3v) is 2.86. The zero-order chi connectivity index (χ0) is 11.4. The number of benzene rings is 1. The highest BCUT2D eigenvalue weighted by Gasteiger charge is 2.19. The third kappa shape index (κ3) is 3.59. The van der Waals surface area contributed by atoms with Crippen LogP contribution in [0.15, 0.2) is 28.7 Å². The van der Waals surface area contributed by atoms with E-state index in [-0.39, 0.29) is 11.6 Å². The van der Waals surface area contributed by atoms with Crippen LogP contribution in [-0.4, -0.2) is 11.6 Å². The Hall–Kier alpha value is -0.960. The first-order chi connectivity index (χ1) is 7.00. The van der Waals surface area contributed by atoms with Crippen molar-refractivity contribution in [2.45, 2.75) is 20.3 Å². The van der Waals surface area contributed by atoms with Gasteiger partial charge in [-0.05, 0) is 38.0 Å². The monoisotopic (exact) mass is 268 g/mol. The van der Waals surface area contributed by atoms with E-state index in [2.05, 4.69) is 15.9 Å². The lowest BCUT2D eigenvalue weighted by atomic mass is 9.93. The van der Waals surface area contributed by atoms with Crippen LogP contribution in [0.5, 0.6) is 0 Å². The third-order valence-electron chi connectivity index (χ3n) is 2.33. The van der Waals surface area contributed by atoms with E-state index in [9.17, 15) is 9.59 Å². The second-order valence-electron chi connectivity index (χ2n) is 3.60. The summed E-state index contributed by atoms with van der Waals surface area (Å²) >= 11 is 3.34. The van der Waals surface area contributed by atoms with Crippen LogP contribution in [0.3, 0.4) is 0 Å². The Balaban J connectivity index is 2.79. The van der Waals surface area contributed by atoms with Crippen LogP contribution < -0.4 is 0 Å². The number of rotatable bonds is 4. The van der Waals surface area contributed by atoms with Gasteiger partial charge in [0.05, 0.1) is 5.92 Å². The van der Waals surface area contributed by atoms with Crippen LogP contribution in [-0.2, 0) is 16.0 Å². The molecule has 0 fully saturated rings. The predicted molar refractivity (Wildman–Crippen MR) is 62.7 cm³/mol. The number of hydrogen-bond acceptors (Lipinski definition) is 2. The molecule has 2 nitrogen and oxygen atoms in total. The molecule has 0 radical (unpaired) electrons. The van der Waals surface area contributed by atoms with Gasteiger partial charge in [-0.2, -0.15) is 0 Å². The van der Waals surface area contributed by atoms with E-state index in [0.29, 0.717) is 6.42 Å². The van der Waals surface area contributed by atoms with Gasteiger partial charge in [0.1, 0.15) is 11.6 Å². The van der Waals surface area contributed by atoms with Gasteiger partial charge in [0, 0.05) is 4.47 Å². The maximum atomic E-state index is 11.2. The molecule has 0 spiro atoms. The van der Waals surface area contributed by atoms with Gasteiger partial charge in [-0.3, -0.25) is 9.59 Å². The van der Waals surface area contributed by atoms with Crippen LogP contribution in [0.1, 0.15) is 19.4 Å². The number of halogens is 1. The van der Waals surface area contributed by atoms with Gasteiger partial charge in [-0.25, -0.2) is 0 Å². The Bertz CT molecular complexity index is 354. The molecule has 0 aliphatic carbocycles. The summed E-state index contributed by atoms with van der Waals surface area (Å²) in [6.45, 7) is 2.93. The second-order valence-corrected chi connectivity index (χ2v) is 4.52. The average molecular weight is 269 g/mol. The Labute approximate surface area is 97.8 Å². The first-order valence-corrected chi connectivity index (χ1v) is 5.55. The Morgan fingerprint density at radius 2 is 1.60 bits per heavy atom. The van der Waals surface area contributed by atoms with Crippen LogP contribution in [0.4, 0.5) is 0 Å². The summed E-state index contributed by atoms with van der Waals surface area (Å²) in [6, 6.07) is 7.66. The normalized spacial score (nSPS) is 10.4. The SMILES string of the molecule is CC(=O)C(Cc1ccc(Br)cc1)C(C)=O. The first kappa shape index (κ1) is 12.1. The van der Waals surface area contributed by atoms with Gasteiger partial charge in [0.25, 0.3) is 0 Å². The number of Topliss-reactive ketones (excluding diaryl/α,β-unsaturated/α-hetero) is 2. The Morgan fingerprint density at radius 1 is 1.13 bits per heavy atom. The molecule has 0 atom stereocenters. The average Bonchev–Trinajstić information content (AvgIpc) is 2.15. The van der Waals surface area contributed by atoms with Crippen molar-refractivity contribution in [3.8, 4) is 0 Å². The number of hydrogen-bond donors (Lipinski definition) is 0. The second kappa shape index (κ2) is 5.21. The first-order valence-electron chi connectivity index (χ1n) is 4.76. The van der Waals surface area contributed by atoms with Crippen molar-refractivity contribution in [3.05, 3.63) is 34.3 Å². The molecule has 0 saturated carbocycles. The van der Waals surface area contributed by atoms with E-state index in [1.807, 2.05) is 24.3 Å². The van der Waals surface area contributed by atoms with Crippen molar-refractivity contribution in [2.75, 3.05) is 0 Å². The van der Waals surface area contributed by atoms with Crippen molar-refractivity contribution in [1.29, 1.82) is 0 Å². The molecule has 1 aromatic rings. The fraction of sp³-hybridized carbons (Fsp3) is 0.333. The van der Waals surface area contributed by atoms with E-state index in [1.165, 1.54) is 13.8 Å². The van der Waals surface area contributed by atoms with E-state index in [4.69, 9.17) is 0 Å². The van der Waals surface area contributed by atoms with Gasteiger partial charge in [0.15, 0.2) is 0 Å². The van der Waals surface area contributed by atoms with E-state index in [0.717, 1.165) is 10.0 Å². The molecule has 0 unspecified atom stereocenters. The molecule has 0 heterocycles. The minimum Gasteiger partial charge on any atom is -0.299 e. The molecular weight excluding hydrogens is 256 g/mol. The van der Waals surface area contributed by atoms with Crippen molar-refractivity contribution >= 4 is 27.5 Å². The summed E-state index contributed by atoms with van der Waals surface area (Å²) in [5.74, 6) is -0.623. The zero-order valence-corrected chi connectivity index (χ0v) is 10.4. The molecule has 80 valence electrons. The number of carbonyl (C=O) groups excluding carboxylic acids is 2. The van der Waals surface area contributed by atoms with Gasteiger partial charge in [-0.1, -0.05) is 28.1 Å². The number of ketones is 2. The summed E-state index contributed by atoms with van der Waals surface area (Å²) in [5, 5.41) is 0. The molecule has 0 N–H and O–H groups in total. The van der Waals surface area contributed by atoms with Gasteiger partial charge in [-0.15, -0.1) is 0 Å². The molecule has 1 aromatic carbocycles. The molecule has 0 aliphatic heterocycles. The van der Waals surface area contributed by atoms with Crippen molar-refractivity contribution in [1.82, 2.24) is 0 Å². The molecule has 0 aliphatic rings. The standard InChI is InChI=1S/C12H13BrO2/c1-8(14)12(9(2)15)7-10-3-5-11(13)6-4-10/h3-6,12H,7H2,1-2H3. The van der Waals surface area contributed by atoms with Crippen LogP contribution in [0.2, 0.25) is 0 Å². The topological polar surface area (TPSA) is 34.1 Å². The van der Waals surface area contributed by atoms with Gasteiger partial charge < -0.3 is 0 Å². The lowest BCUT2D eigenvalue weighted by Crippen LogP contribution is -2.21. The van der Waals surface area contributed by atoms with Crippen molar-refractivity contribution < 1.29 is 9.59 Å². The quantitative estimate of drug-likeness (QED) is 0.787. The lowest BCUT2D eigenvalue weighted by Gasteiger charge is -2.09. The molecule has 0 amide bonds. The van der Waals surface area contributed by atoms with E-state index in [1.54, 1.807) is 0 Å². The zero-order valence-electron chi connectivity index (χ0n) is 8.79. The molecule has 1 rings (SSSR count). The van der Waals surface area contributed by atoms with Gasteiger partial charge >= 0.3 is 0 Å². The molecule has 0 bridgehead atoms.